The summed E-state index contributed by atoms with van der Waals surface area (Å²) in [5, 5.41) is 17.7. The molecule has 4 amide bonds. The number of nitrogens with one attached hydrogen (secondary N) is 5. The Hall–Kier alpha value is -6.22. The molecule has 8 rings (SSSR count). The standard InChI is InChI=1S/C39H39FN10O4/c40-24-5-1-4-23(18-24)31-7-3-17-49(31)33(41)12-13-34-44-20-30(45-34)29-6-2-8-35(46-29)48-21-26(22-48)43-16-15-42-25-9-10-27-28(19-25)39(54)50(38(27)53)32-11-14-36(51)47-37(32)52/h1-2,4-6,8-10,12-13,18-20,26,31-32,41-43H,3,7,11,14-17,21-22H2,(H,44,45)(H,47,51,52)/b13-12-,41-33?/t31-,32?/m1/s1. The van der Waals surface area contributed by atoms with Crippen LogP contribution < -0.4 is 20.9 Å². The molecule has 3 fully saturated rings. The number of piperidine rings is 1. The van der Waals surface area contributed by atoms with Gasteiger partial charge in [-0.1, -0.05) is 18.2 Å². The fourth-order valence-corrected chi connectivity index (χ4v) is 7.53. The quantitative estimate of drug-likeness (QED) is 0.0661. The molecular formula is C39H39FN10O4. The second-order valence-electron chi connectivity index (χ2n) is 13.9. The van der Waals surface area contributed by atoms with Gasteiger partial charge in [0.25, 0.3) is 11.8 Å². The summed E-state index contributed by atoms with van der Waals surface area (Å²) < 4.78 is 13.8. The zero-order valence-corrected chi connectivity index (χ0v) is 29.3. The molecule has 0 aliphatic carbocycles. The molecule has 54 heavy (non-hydrogen) atoms. The Morgan fingerprint density at radius 1 is 0.963 bits per heavy atom. The predicted molar refractivity (Wildman–Crippen MR) is 199 cm³/mol. The number of aromatic nitrogens is 3. The number of rotatable bonds is 11. The van der Waals surface area contributed by atoms with Crippen LogP contribution in [0, 0.1) is 11.2 Å². The van der Waals surface area contributed by atoms with Gasteiger partial charge < -0.3 is 25.4 Å². The van der Waals surface area contributed by atoms with E-state index in [2.05, 4.69) is 30.8 Å². The fourth-order valence-electron chi connectivity index (χ4n) is 7.53. The number of fused-ring (bicyclic) bond motifs is 1. The lowest BCUT2D eigenvalue weighted by molar-refractivity contribution is -0.136. The number of aromatic amines is 1. The minimum absolute atomic E-state index is 0.0227. The van der Waals surface area contributed by atoms with Crippen LogP contribution in [0.1, 0.15) is 63.8 Å². The molecule has 3 saturated heterocycles. The first kappa shape index (κ1) is 34.8. The number of carbonyl (C=O) groups excluding carboxylic acids is 4. The summed E-state index contributed by atoms with van der Waals surface area (Å²) in [6.07, 6.45) is 7.24. The van der Waals surface area contributed by atoms with Gasteiger partial charge >= 0.3 is 0 Å². The van der Waals surface area contributed by atoms with Gasteiger partial charge in [-0.25, -0.2) is 14.4 Å². The Bertz CT molecular complexity index is 2180. The molecule has 4 aliphatic heterocycles. The molecule has 0 spiro atoms. The van der Waals surface area contributed by atoms with Crippen molar-refractivity contribution in [3.63, 3.8) is 0 Å². The predicted octanol–water partition coefficient (Wildman–Crippen LogP) is 3.73. The van der Waals surface area contributed by atoms with Gasteiger partial charge in [0, 0.05) is 50.9 Å². The van der Waals surface area contributed by atoms with Crippen molar-refractivity contribution in [1.82, 2.24) is 35.4 Å². The summed E-state index contributed by atoms with van der Waals surface area (Å²) in [5.41, 5.74) is 3.59. The number of hydrogen-bond acceptors (Lipinski definition) is 10. The van der Waals surface area contributed by atoms with Gasteiger partial charge in [-0.15, -0.1) is 0 Å². The van der Waals surface area contributed by atoms with Gasteiger partial charge in [0.15, 0.2) is 0 Å². The minimum atomic E-state index is -0.992. The maximum atomic E-state index is 13.8. The third-order valence-electron chi connectivity index (χ3n) is 10.3. The van der Waals surface area contributed by atoms with Crippen molar-refractivity contribution in [3.05, 3.63) is 101 Å². The van der Waals surface area contributed by atoms with Crippen molar-refractivity contribution < 1.29 is 23.6 Å². The van der Waals surface area contributed by atoms with Crippen LogP contribution in [0.25, 0.3) is 17.5 Å². The summed E-state index contributed by atoms with van der Waals surface area (Å²) in [7, 11) is 0. The molecule has 2 atom stereocenters. The number of halogens is 1. The summed E-state index contributed by atoms with van der Waals surface area (Å²) in [4.78, 5) is 67.7. The van der Waals surface area contributed by atoms with E-state index in [9.17, 15) is 23.6 Å². The molecule has 5 N–H and O–H groups in total. The van der Waals surface area contributed by atoms with Gasteiger partial charge in [-0.2, -0.15) is 0 Å². The number of amidine groups is 1. The zero-order valence-electron chi connectivity index (χ0n) is 29.3. The number of hydrogen-bond donors (Lipinski definition) is 5. The molecule has 6 heterocycles. The zero-order chi connectivity index (χ0) is 37.3. The Kier molecular flexibility index (Phi) is 9.46. The highest BCUT2D eigenvalue weighted by molar-refractivity contribution is 6.23. The SMILES string of the molecule is N=C(/C=C\c1ncc(-c2cccc(N3CC(NCCNc4ccc5c(c4)C(=O)N(C4CCC(=O)NC4=O)C5=O)C3)n2)[nH]1)N1CCC[C@@H]1c1cccc(F)c1. The summed E-state index contributed by atoms with van der Waals surface area (Å²) in [6.45, 7) is 3.57. The van der Waals surface area contributed by atoms with Gasteiger partial charge in [-0.3, -0.25) is 34.8 Å². The molecule has 0 bridgehead atoms. The number of carbonyl (C=O) groups is 4. The van der Waals surface area contributed by atoms with E-state index in [1.165, 1.54) is 6.07 Å². The first-order valence-electron chi connectivity index (χ1n) is 18.1. The van der Waals surface area contributed by atoms with Crippen LogP contribution >= 0.6 is 0 Å². The highest BCUT2D eigenvalue weighted by Crippen LogP contribution is 2.33. The van der Waals surface area contributed by atoms with Crippen LogP contribution in [0.2, 0.25) is 0 Å². The maximum Gasteiger partial charge on any atom is 0.262 e. The number of likely N-dealkylation sites (tertiary alicyclic amines) is 1. The third kappa shape index (κ3) is 6.97. The van der Waals surface area contributed by atoms with Gasteiger partial charge in [0.2, 0.25) is 11.8 Å². The van der Waals surface area contributed by atoms with E-state index in [-0.39, 0.29) is 41.9 Å². The van der Waals surface area contributed by atoms with E-state index >= 15 is 0 Å². The van der Waals surface area contributed by atoms with Crippen LogP contribution in [0.5, 0.6) is 0 Å². The fraction of sp³-hybridized carbons (Fsp3) is 0.308. The average Bonchev–Trinajstić information content (AvgIpc) is 3.89. The lowest BCUT2D eigenvalue weighted by Gasteiger charge is -2.40. The summed E-state index contributed by atoms with van der Waals surface area (Å²) in [6, 6.07) is 16.7. The van der Waals surface area contributed by atoms with E-state index in [0.717, 1.165) is 60.1 Å². The van der Waals surface area contributed by atoms with E-state index in [4.69, 9.17) is 10.4 Å². The number of nitrogens with zero attached hydrogens (tertiary/aromatic N) is 5. The average molecular weight is 731 g/mol. The topological polar surface area (TPSA) is 180 Å². The minimum Gasteiger partial charge on any atom is -0.384 e. The number of amides is 4. The number of imidazole rings is 1. The van der Waals surface area contributed by atoms with Gasteiger partial charge in [0.05, 0.1) is 34.8 Å². The molecule has 2 aromatic carbocycles. The highest BCUT2D eigenvalue weighted by atomic mass is 19.1. The van der Waals surface area contributed by atoms with E-state index in [0.29, 0.717) is 30.4 Å². The van der Waals surface area contributed by atoms with Crippen molar-refractivity contribution >= 4 is 47.0 Å². The lowest BCUT2D eigenvalue weighted by Crippen LogP contribution is -2.59. The summed E-state index contributed by atoms with van der Waals surface area (Å²) in [5.74, 6) is -0.536. The van der Waals surface area contributed by atoms with Crippen LogP contribution in [0.3, 0.4) is 0 Å². The first-order chi connectivity index (χ1) is 26.2. The van der Waals surface area contributed by atoms with Crippen molar-refractivity contribution in [3.8, 4) is 11.4 Å². The second-order valence-corrected chi connectivity index (χ2v) is 13.9. The third-order valence-corrected chi connectivity index (χ3v) is 10.3. The molecular weight excluding hydrogens is 691 g/mol. The Morgan fingerprint density at radius 2 is 1.80 bits per heavy atom. The molecule has 15 heteroatoms. The molecule has 0 radical (unpaired) electrons. The van der Waals surface area contributed by atoms with E-state index < -0.39 is 29.7 Å². The Morgan fingerprint density at radius 3 is 2.63 bits per heavy atom. The number of anilines is 2. The lowest BCUT2D eigenvalue weighted by atomic mass is 10.0. The molecule has 14 nitrogen and oxygen atoms in total. The van der Waals surface area contributed by atoms with E-state index in [1.807, 2.05) is 29.2 Å². The molecule has 0 saturated carbocycles. The van der Waals surface area contributed by atoms with Crippen LogP contribution in [-0.4, -0.2) is 99.0 Å². The largest absolute Gasteiger partial charge is 0.384 e. The molecule has 4 aliphatic rings. The number of pyridine rings is 1. The van der Waals surface area contributed by atoms with Crippen LogP contribution in [0.4, 0.5) is 15.9 Å². The Labute approximate surface area is 310 Å². The molecule has 2 aromatic heterocycles. The Balaban J connectivity index is 0.798. The molecule has 4 aromatic rings. The monoisotopic (exact) mass is 730 g/mol. The maximum absolute atomic E-state index is 13.8. The molecule has 276 valence electrons. The highest BCUT2D eigenvalue weighted by Gasteiger charge is 2.44. The van der Waals surface area contributed by atoms with Crippen molar-refractivity contribution in [2.45, 2.75) is 43.8 Å². The normalized spacial score (nSPS) is 20.1. The molecule has 1 unspecified atom stereocenters. The van der Waals surface area contributed by atoms with Crippen molar-refractivity contribution in [2.24, 2.45) is 0 Å². The van der Waals surface area contributed by atoms with Crippen molar-refractivity contribution in [2.75, 3.05) is 42.9 Å². The number of benzene rings is 2. The van der Waals surface area contributed by atoms with Gasteiger partial charge in [-0.05, 0) is 79.4 Å². The second kappa shape index (κ2) is 14.7. The number of imide groups is 2. The smallest absolute Gasteiger partial charge is 0.262 e. The van der Waals surface area contributed by atoms with Crippen LogP contribution in [-0.2, 0) is 9.59 Å². The first-order valence-corrected chi connectivity index (χ1v) is 18.1. The van der Waals surface area contributed by atoms with Crippen LogP contribution in [0.15, 0.2) is 72.9 Å². The summed E-state index contributed by atoms with van der Waals surface area (Å²) >= 11 is 0. The van der Waals surface area contributed by atoms with Gasteiger partial charge in [0.1, 0.15) is 29.3 Å². The number of H-pyrrole nitrogens is 1. The van der Waals surface area contributed by atoms with E-state index in [1.54, 1.807) is 48.7 Å². The van der Waals surface area contributed by atoms with Crippen molar-refractivity contribution in [1.29, 1.82) is 5.41 Å².